The highest BCUT2D eigenvalue weighted by Gasteiger charge is 2.43. The van der Waals surface area contributed by atoms with Crippen LogP contribution in [-0.2, 0) is 23.3 Å². The number of aromatic nitrogens is 2. The quantitative estimate of drug-likeness (QED) is 0.596. The molecular formula is C25H30N4O2S. The number of benzene rings is 1. The minimum Gasteiger partial charge on any atom is -0.350 e. The smallest absolute Gasteiger partial charge is 0.274 e. The second kappa shape index (κ2) is 9.16. The lowest BCUT2D eigenvalue weighted by atomic mass is 9.83. The fourth-order valence-corrected chi connectivity index (χ4v) is 6.26. The molecule has 1 N–H and O–H groups in total. The molecule has 6 nitrogen and oxygen atoms in total. The van der Waals surface area contributed by atoms with E-state index in [4.69, 9.17) is 5.10 Å². The molecule has 32 heavy (non-hydrogen) atoms. The maximum atomic E-state index is 13.4. The lowest BCUT2D eigenvalue weighted by Gasteiger charge is -2.26. The van der Waals surface area contributed by atoms with Crippen LogP contribution >= 0.6 is 11.3 Å². The van der Waals surface area contributed by atoms with Gasteiger partial charge in [0.15, 0.2) is 0 Å². The average molecular weight is 451 g/mol. The number of rotatable bonds is 7. The largest absolute Gasteiger partial charge is 0.350 e. The van der Waals surface area contributed by atoms with Gasteiger partial charge in [-0.05, 0) is 56.3 Å². The summed E-state index contributed by atoms with van der Waals surface area (Å²) in [4.78, 5) is 30.0. The Labute approximate surface area is 192 Å². The molecule has 0 bridgehead atoms. The van der Waals surface area contributed by atoms with Crippen LogP contribution in [0.3, 0.4) is 0 Å². The molecule has 0 atom stereocenters. The molecule has 2 aromatic heterocycles. The van der Waals surface area contributed by atoms with E-state index in [2.05, 4.69) is 16.3 Å². The van der Waals surface area contributed by atoms with Crippen molar-refractivity contribution in [2.24, 2.45) is 0 Å². The minimum absolute atomic E-state index is 0.0549. The van der Waals surface area contributed by atoms with E-state index in [1.54, 1.807) is 16.0 Å². The Morgan fingerprint density at radius 3 is 2.47 bits per heavy atom. The second-order valence-corrected chi connectivity index (χ2v) is 9.97. The van der Waals surface area contributed by atoms with Gasteiger partial charge in [-0.1, -0.05) is 37.1 Å². The van der Waals surface area contributed by atoms with Gasteiger partial charge < -0.3 is 10.2 Å². The van der Waals surface area contributed by atoms with E-state index in [1.807, 2.05) is 35.7 Å². The summed E-state index contributed by atoms with van der Waals surface area (Å²) in [6.07, 6.45) is 6.39. The predicted octanol–water partition coefficient (Wildman–Crippen LogP) is 3.68. The Bertz CT molecular complexity index is 1140. The van der Waals surface area contributed by atoms with Crippen LogP contribution in [0.1, 0.15) is 49.1 Å². The van der Waals surface area contributed by atoms with Crippen molar-refractivity contribution in [3.05, 3.63) is 62.7 Å². The van der Waals surface area contributed by atoms with E-state index < -0.39 is 5.41 Å². The molecule has 1 saturated carbocycles. The van der Waals surface area contributed by atoms with Gasteiger partial charge in [0, 0.05) is 16.8 Å². The molecule has 0 radical (unpaired) electrons. The number of thiophene rings is 1. The molecule has 0 unspecified atom stereocenters. The topological polar surface area (TPSA) is 67.2 Å². The number of hydrogen-bond acceptors (Lipinski definition) is 5. The Hall–Kier alpha value is -2.51. The molecular weight excluding hydrogens is 420 g/mol. The van der Waals surface area contributed by atoms with Crippen molar-refractivity contribution < 1.29 is 4.79 Å². The highest BCUT2D eigenvalue weighted by Crippen LogP contribution is 2.43. The van der Waals surface area contributed by atoms with Crippen molar-refractivity contribution in [1.29, 1.82) is 0 Å². The number of nitrogens with zero attached hydrogens (tertiary/aromatic N) is 3. The summed E-state index contributed by atoms with van der Waals surface area (Å²) in [5, 5.41) is 11.4. The van der Waals surface area contributed by atoms with Gasteiger partial charge in [-0.3, -0.25) is 9.59 Å². The van der Waals surface area contributed by atoms with Crippen LogP contribution in [0.4, 0.5) is 0 Å². The number of likely N-dealkylation sites (tertiary alicyclic amines) is 1. The van der Waals surface area contributed by atoms with E-state index in [-0.39, 0.29) is 11.5 Å². The molecule has 1 aliphatic heterocycles. The maximum absolute atomic E-state index is 13.4. The van der Waals surface area contributed by atoms with Crippen molar-refractivity contribution in [1.82, 2.24) is 20.0 Å². The third-order valence-corrected chi connectivity index (χ3v) is 8.15. The standard InChI is InChI=1S/C25H30N4O2S/c30-23-20-9-2-1-8-19(20)21(27-29(23)16-15-28-13-5-6-14-28)18-26-24(31)25(11-3-4-12-25)22-10-7-17-32-22/h1-2,7-10,17H,3-6,11-16,18H2,(H,26,31). The summed E-state index contributed by atoms with van der Waals surface area (Å²) in [6, 6.07) is 11.7. The fraction of sp³-hybridized carbons (Fsp3) is 0.480. The summed E-state index contributed by atoms with van der Waals surface area (Å²) in [5.41, 5.74) is 0.281. The first-order chi connectivity index (χ1) is 15.7. The van der Waals surface area contributed by atoms with E-state index in [1.165, 1.54) is 12.8 Å². The first kappa shape index (κ1) is 21.3. The van der Waals surface area contributed by atoms with Crippen LogP contribution in [0.15, 0.2) is 46.6 Å². The highest BCUT2D eigenvalue weighted by atomic mass is 32.1. The molecule has 3 heterocycles. The minimum atomic E-state index is -0.422. The van der Waals surface area contributed by atoms with Gasteiger partial charge in [0.2, 0.25) is 5.91 Å². The SMILES string of the molecule is O=C(NCc1nn(CCN2CCCC2)c(=O)c2ccccc12)C1(c2cccs2)CCCC1. The molecule has 1 saturated heterocycles. The number of fused-ring (bicyclic) bond motifs is 1. The summed E-state index contributed by atoms with van der Waals surface area (Å²) in [5.74, 6) is 0.0816. The number of carbonyl (C=O) groups is 1. The first-order valence-corrected chi connectivity index (χ1v) is 12.6. The van der Waals surface area contributed by atoms with E-state index >= 15 is 0 Å². The summed E-state index contributed by atoms with van der Waals surface area (Å²) >= 11 is 1.67. The lowest BCUT2D eigenvalue weighted by Crippen LogP contribution is -2.42. The molecule has 5 rings (SSSR count). The van der Waals surface area contributed by atoms with Crippen LogP contribution in [0, 0.1) is 0 Å². The van der Waals surface area contributed by atoms with Gasteiger partial charge in [-0.25, -0.2) is 4.68 Å². The number of nitrogens with one attached hydrogen (secondary N) is 1. The Balaban J connectivity index is 1.40. The number of hydrogen-bond donors (Lipinski definition) is 1. The van der Waals surface area contributed by atoms with Gasteiger partial charge in [0.1, 0.15) is 0 Å². The molecule has 168 valence electrons. The van der Waals surface area contributed by atoms with Crippen LogP contribution < -0.4 is 10.9 Å². The van der Waals surface area contributed by atoms with Gasteiger partial charge in [-0.2, -0.15) is 5.10 Å². The van der Waals surface area contributed by atoms with Gasteiger partial charge >= 0.3 is 0 Å². The summed E-state index contributed by atoms with van der Waals surface area (Å²) in [6.45, 7) is 3.92. The van der Waals surface area contributed by atoms with Crippen molar-refractivity contribution in [2.45, 2.75) is 57.0 Å². The lowest BCUT2D eigenvalue weighted by molar-refractivity contribution is -0.126. The average Bonchev–Trinajstić information content (AvgIpc) is 3.60. The van der Waals surface area contributed by atoms with Crippen LogP contribution in [0.5, 0.6) is 0 Å². The molecule has 1 aliphatic carbocycles. The fourth-order valence-electron chi connectivity index (χ4n) is 5.28. The van der Waals surface area contributed by atoms with Crippen LogP contribution in [0.25, 0.3) is 10.8 Å². The zero-order valence-electron chi connectivity index (χ0n) is 18.4. The molecule has 0 spiro atoms. The Kier molecular flexibility index (Phi) is 6.11. The molecule has 1 aromatic carbocycles. The van der Waals surface area contributed by atoms with Gasteiger partial charge in [-0.15, -0.1) is 11.3 Å². The zero-order valence-corrected chi connectivity index (χ0v) is 19.2. The second-order valence-electron chi connectivity index (χ2n) is 9.02. The molecule has 7 heteroatoms. The maximum Gasteiger partial charge on any atom is 0.274 e. The monoisotopic (exact) mass is 450 g/mol. The van der Waals surface area contributed by atoms with Crippen molar-refractivity contribution in [3.63, 3.8) is 0 Å². The molecule has 3 aromatic rings. The molecule has 2 fully saturated rings. The number of carbonyl (C=O) groups excluding carboxylic acids is 1. The zero-order chi connectivity index (χ0) is 22.0. The van der Waals surface area contributed by atoms with Crippen molar-refractivity contribution >= 4 is 28.0 Å². The first-order valence-electron chi connectivity index (χ1n) is 11.7. The van der Waals surface area contributed by atoms with Crippen molar-refractivity contribution in [2.75, 3.05) is 19.6 Å². The Morgan fingerprint density at radius 1 is 1.00 bits per heavy atom. The number of amides is 1. The molecule has 2 aliphatic rings. The summed E-state index contributed by atoms with van der Waals surface area (Å²) in [7, 11) is 0. The van der Waals surface area contributed by atoms with Crippen molar-refractivity contribution in [3.8, 4) is 0 Å². The summed E-state index contributed by atoms with van der Waals surface area (Å²) < 4.78 is 1.59. The Morgan fingerprint density at radius 2 is 1.75 bits per heavy atom. The molecule has 1 amide bonds. The van der Waals surface area contributed by atoms with Crippen LogP contribution in [0.2, 0.25) is 0 Å². The third-order valence-electron chi connectivity index (χ3n) is 7.07. The van der Waals surface area contributed by atoms with Gasteiger partial charge in [0.25, 0.3) is 5.56 Å². The highest BCUT2D eigenvalue weighted by molar-refractivity contribution is 7.10. The third kappa shape index (κ3) is 3.99. The van der Waals surface area contributed by atoms with E-state index in [0.717, 1.165) is 61.3 Å². The van der Waals surface area contributed by atoms with Crippen LogP contribution in [-0.4, -0.2) is 40.2 Å². The van der Waals surface area contributed by atoms with Gasteiger partial charge in [0.05, 0.1) is 29.6 Å². The van der Waals surface area contributed by atoms with E-state index in [9.17, 15) is 9.59 Å². The normalized spacial score (nSPS) is 18.4. The van der Waals surface area contributed by atoms with E-state index in [0.29, 0.717) is 18.5 Å². The predicted molar refractivity (Wildman–Crippen MR) is 128 cm³/mol.